The highest BCUT2D eigenvalue weighted by atomic mass is 19.4. The van der Waals surface area contributed by atoms with Crippen LogP contribution in [0, 0.1) is 25.2 Å². The Morgan fingerprint density at radius 1 is 1.33 bits per heavy atom. The molecule has 0 atom stereocenters. The van der Waals surface area contributed by atoms with E-state index in [2.05, 4.69) is 0 Å². The third kappa shape index (κ3) is 4.50. The minimum Gasteiger partial charge on any atom is -0.504 e. The Morgan fingerprint density at radius 2 is 2.00 bits per heavy atom. The number of phenolic OH excluding ortho intramolecular Hbond substituents is 1. The topological polar surface area (TPSA) is 75.2 Å². The van der Waals surface area contributed by atoms with Gasteiger partial charge in [-0.15, -0.1) is 0 Å². The largest absolute Gasteiger partial charge is 0.504 e. The highest BCUT2D eigenvalue weighted by molar-refractivity contribution is 6.14. The molecule has 142 valence electrons. The van der Waals surface area contributed by atoms with Crippen LogP contribution in [0.1, 0.15) is 27.3 Å². The zero-order valence-corrected chi connectivity index (χ0v) is 14.9. The number of Topliss-reactive ketones (excluding diaryl/α,β-unsaturated/α-hetero) is 1. The number of aromatic nitrogens is 1. The lowest BCUT2D eigenvalue weighted by Gasteiger charge is -2.12. The molecule has 0 saturated heterocycles. The number of ketones is 1. The Balaban J connectivity index is 2.44. The van der Waals surface area contributed by atoms with Crippen LogP contribution >= 0.6 is 0 Å². The van der Waals surface area contributed by atoms with Gasteiger partial charge in [0.05, 0.1) is 7.11 Å². The van der Waals surface area contributed by atoms with Gasteiger partial charge < -0.3 is 14.4 Å². The molecule has 8 heteroatoms. The van der Waals surface area contributed by atoms with Crippen LogP contribution in [-0.2, 0) is 6.54 Å². The van der Waals surface area contributed by atoms with Crippen molar-refractivity contribution < 1.29 is 27.8 Å². The number of benzene rings is 1. The lowest BCUT2D eigenvalue weighted by atomic mass is 10.0. The molecular weight excluding hydrogens is 361 g/mol. The second kappa shape index (κ2) is 7.58. The van der Waals surface area contributed by atoms with Gasteiger partial charge in [-0.3, -0.25) is 4.79 Å². The van der Waals surface area contributed by atoms with E-state index >= 15 is 0 Å². The number of hydrogen-bond acceptors (Lipinski definition) is 4. The highest BCUT2D eigenvalue weighted by Crippen LogP contribution is 2.28. The van der Waals surface area contributed by atoms with E-state index in [0.29, 0.717) is 5.56 Å². The van der Waals surface area contributed by atoms with Crippen LogP contribution < -0.4 is 4.74 Å². The molecule has 0 radical (unpaired) electrons. The minimum atomic E-state index is -4.43. The number of carbonyl (C=O) groups excluding carboxylic acids is 1. The minimum absolute atomic E-state index is 0.0373. The molecule has 0 saturated carbocycles. The molecule has 0 amide bonds. The number of hydrogen-bond donors (Lipinski definition) is 1. The van der Waals surface area contributed by atoms with Crippen molar-refractivity contribution in [1.29, 1.82) is 5.26 Å². The normalized spacial score (nSPS) is 12.0. The van der Waals surface area contributed by atoms with Gasteiger partial charge in [0.15, 0.2) is 11.5 Å². The number of phenols is 1. The third-order valence-electron chi connectivity index (χ3n) is 4.04. The molecule has 2 aromatic rings. The van der Waals surface area contributed by atoms with Gasteiger partial charge in [-0.1, -0.05) is 6.07 Å². The number of halogens is 3. The van der Waals surface area contributed by atoms with Crippen LogP contribution in [0.4, 0.5) is 13.2 Å². The summed E-state index contributed by atoms with van der Waals surface area (Å²) in [5, 5.41) is 19.0. The van der Waals surface area contributed by atoms with E-state index < -0.39 is 18.5 Å². The molecule has 0 fully saturated rings. The molecule has 27 heavy (non-hydrogen) atoms. The second-order valence-electron chi connectivity index (χ2n) is 5.92. The molecule has 5 nitrogen and oxygen atoms in total. The predicted molar refractivity (Wildman–Crippen MR) is 92.5 cm³/mol. The lowest BCUT2D eigenvalue weighted by Crippen LogP contribution is -2.19. The van der Waals surface area contributed by atoms with Crippen molar-refractivity contribution in [1.82, 2.24) is 4.57 Å². The van der Waals surface area contributed by atoms with Gasteiger partial charge in [-0.25, -0.2) is 0 Å². The molecular formula is C19H17F3N2O3. The fraction of sp³-hybridized carbons (Fsp3) is 0.263. The number of rotatable bonds is 5. The van der Waals surface area contributed by atoms with Crippen molar-refractivity contribution in [3.8, 4) is 17.6 Å². The number of nitrogens with zero attached hydrogens (tertiary/aromatic N) is 2. The maximum absolute atomic E-state index is 12.7. The summed E-state index contributed by atoms with van der Waals surface area (Å²) in [7, 11) is 1.36. The number of aromatic hydroxyl groups is 1. The van der Waals surface area contributed by atoms with Crippen molar-refractivity contribution in [2.45, 2.75) is 26.6 Å². The summed E-state index contributed by atoms with van der Waals surface area (Å²) < 4.78 is 44.1. The number of carbonyl (C=O) groups is 1. The van der Waals surface area contributed by atoms with Gasteiger partial charge in [0.1, 0.15) is 18.2 Å². The highest BCUT2D eigenvalue weighted by Gasteiger charge is 2.30. The average molecular weight is 378 g/mol. The van der Waals surface area contributed by atoms with E-state index in [1.165, 1.54) is 51.3 Å². The van der Waals surface area contributed by atoms with Gasteiger partial charge in [0, 0.05) is 17.0 Å². The van der Waals surface area contributed by atoms with E-state index in [0.717, 1.165) is 4.57 Å². The second-order valence-corrected chi connectivity index (χ2v) is 5.92. The summed E-state index contributed by atoms with van der Waals surface area (Å²) in [6.45, 7) is 1.67. The molecule has 1 heterocycles. The zero-order valence-electron chi connectivity index (χ0n) is 14.9. The fourth-order valence-electron chi connectivity index (χ4n) is 2.70. The molecule has 0 aliphatic rings. The van der Waals surface area contributed by atoms with Gasteiger partial charge in [-0.2, -0.15) is 18.4 Å². The molecule has 0 aliphatic carbocycles. The molecule has 0 unspecified atom stereocenters. The van der Waals surface area contributed by atoms with Gasteiger partial charge in [-0.05, 0) is 43.7 Å². The summed E-state index contributed by atoms with van der Waals surface area (Å²) in [5.41, 5.74) is 0.639. The maximum Gasteiger partial charge on any atom is 0.406 e. The predicted octanol–water partition coefficient (Wildman–Crippen LogP) is 4.17. The Hall–Kier alpha value is -3.21. The summed E-state index contributed by atoms with van der Waals surface area (Å²) in [6.07, 6.45) is -3.13. The molecule has 2 rings (SSSR count). The summed E-state index contributed by atoms with van der Waals surface area (Å²) in [6, 6.07) is 7.39. The molecule has 0 spiro atoms. The Labute approximate surface area is 153 Å². The van der Waals surface area contributed by atoms with E-state index in [-0.39, 0.29) is 34.0 Å². The summed E-state index contributed by atoms with van der Waals surface area (Å²) in [5.74, 6) is -0.613. The first-order valence-electron chi connectivity index (χ1n) is 7.84. The number of alkyl halides is 3. The third-order valence-corrected chi connectivity index (χ3v) is 4.04. The van der Waals surface area contributed by atoms with Crippen LogP contribution in [-0.4, -0.2) is 28.7 Å². The van der Waals surface area contributed by atoms with Crippen LogP contribution in [0.3, 0.4) is 0 Å². The first kappa shape index (κ1) is 20.1. The van der Waals surface area contributed by atoms with Crippen LogP contribution in [0.25, 0.3) is 6.08 Å². The molecule has 1 aromatic carbocycles. The number of nitriles is 1. The smallest absolute Gasteiger partial charge is 0.406 e. The monoisotopic (exact) mass is 378 g/mol. The van der Waals surface area contributed by atoms with Crippen molar-refractivity contribution in [2.75, 3.05) is 7.11 Å². The zero-order chi connectivity index (χ0) is 20.4. The van der Waals surface area contributed by atoms with Gasteiger partial charge >= 0.3 is 6.18 Å². The van der Waals surface area contributed by atoms with Crippen molar-refractivity contribution in [2.24, 2.45) is 0 Å². The summed E-state index contributed by atoms with van der Waals surface area (Å²) >= 11 is 0. The quantitative estimate of drug-likeness (QED) is 0.481. The first-order chi connectivity index (χ1) is 12.6. The Kier molecular flexibility index (Phi) is 5.64. The van der Waals surface area contributed by atoms with E-state index in [4.69, 9.17) is 4.74 Å². The standard InChI is InChI=1S/C19H17F3N2O3/c1-11-6-15(12(2)24(11)10-19(20,21)22)18(26)14(9-23)7-13-4-5-16(25)17(8-13)27-3/h4-8,25H,10H2,1-3H3/b14-7+. The van der Waals surface area contributed by atoms with Crippen molar-refractivity contribution >= 4 is 11.9 Å². The summed E-state index contributed by atoms with van der Waals surface area (Å²) in [4.78, 5) is 12.7. The van der Waals surface area contributed by atoms with Crippen molar-refractivity contribution in [3.05, 3.63) is 52.4 Å². The van der Waals surface area contributed by atoms with Crippen LogP contribution in [0.5, 0.6) is 11.5 Å². The van der Waals surface area contributed by atoms with E-state index in [9.17, 15) is 28.3 Å². The molecule has 1 aromatic heterocycles. The van der Waals surface area contributed by atoms with E-state index in [1.54, 1.807) is 6.07 Å². The number of aryl methyl sites for hydroxylation is 1. The van der Waals surface area contributed by atoms with E-state index in [1.807, 2.05) is 0 Å². The molecule has 1 N–H and O–H groups in total. The molecule has 0 bridgehead atoms. The number of methoxy groups -OCH3 is 1. The van der Waals surface area contributed by atoms with Crippen molar-refractivity contribution in [3.63, 3.8) is 0 Å². The van der Waals surface area contributed by atoms with Crippen LogP contribution in [0.2, 0.25) is 0 Å². The SMILES string of the molecule is COc1cc(/C=C(\C#N)C(=O)c2cc(C)n(CC(F)(F)F)c2C)ccc1O. The first-order valence-corrected chi connectivity index (χ1v) is 7.84. The van der Waals surface area contributed by atoms with Gasteiger partial charge in [0.2, 0.25) is 5.78 Å². The Bertz CT molecular complexity index is 950. The Morgan fingerprint density at radius 3 is 2.56 bits per heavy atom. The number of allylic oxidation sites excluding steroid dienone is 1. The van der Waals surface area contributed by atoms with Crippen LogP contribution in [0.15, 0.2) is 29.8 Å². The molecule has 0 aliphatic heterocycles. The van der Waals surface area contributed by atoms with Gasteiger partial charge in [0.25, 0.3) is 0 Å². The fourth-order valence-corrected chi connectivity index (χ4v) is 2.70. The number of ether oxygens (including phenoxy) is 1. The average Bonchev–Trinajstić information content (AvgIpc) is 2.87. The lowest BCUT2D eigenvalue weighted by molar-refractivity contribution is -0.141. The maximum atomic E-state index is 12.7.